The molecule has 46 valence electrons. The predicted molar refractivity (Wildman–Crippen MR) is 40.2 cm³/mol. The van der Waals surface area contributed by atoms with Crippen molar-refractivity contribution < 1.29 is 0 Å². The molecule has 0 aromatic heterocycles. The Bertz CT molecular complexity index is 107. The van der Waals surface area contributed by atoms with Gasteiger partial charge in [0, 0.05) is 0 Å². The van der Waals surface area contributed by atoms with Crippen LogP contribution in [0.15, 0.2) is 0 Å². The van der Waals surface area contributed by atoms with E-state index in [0.29, 0.717) is 0 Å². The van der Waals surface area contributed by atoms with Crippen LogP contribution in [0.2, 0.25) is 19.6 Å². The fourth-order valence-electron chi connectivity index (χ4n) is 0.250. The molecule has 0 amide bonds. The van der Waals surface area contributed by atoms with Crippen LogP contribution in [0.1, 0.15) is 0 Å². The molecule has 0 saturated carbocycles. The van der Waals surface area contributed by atoms with Crippen LogP contribution in [0.5, 0.6) is 0 Å². The first-order valence-corrected chi connectivity index (χ1v) is 6.28. The van der Waals surface area contributed by atoms with Gasteiger partial charge in [-0.1, -0.05) is 25.6 Å². The van der Waals surface area contributed by atoms with Crippen LogP contribution in [-0.2, 0) is 0 Å². The summed E-state index contributed by atoms with van der Waals surface area (Å²) in [5, 5.41) is 0. The van der Waals surface area contributed by atoms with Crippen molar-refractivity contribution in [1.29, 1.82) is 0 Å². The first-order valence-electron chi connectivity index (χ1n) is 2.70. The fourth-order valence-corrected chi connectivity index (χ4v) is 0.750. The van der Waals surface area contributed by atoms with Gasteiger partial charge in [-0.15, -0.1) is 6.42 Å². The fraction of sp³-hybridized carbons (Fsp3) is 0.667. The second kappa shape index (κ2) is 2.34. The average molecular weight is 127 g/mol. The van der Waals surface area contributed by atoms with Crippen LogP contribution in [0.4, 0.5) is 0 Å². The van der Waals surface area contributed by atoms with E-state index in [2.05, 4.69) is 25.6 Å². The van der Waals surface area contributed by atoms with E-state index >= 15 is 0 Å². The molecule has 0 spiro atoms. The van der Waals surface area contributed by atoms with Gasteiger partial charge in [0.15, 0.2) is 0 Å². The van der Waals surface area contributed by atoms with Crippen molar-refractivity contribution in [2.75, 3.05) is 0 Å². The first kappa shape index (κ1) is 7.74. The van der Waals surface area contributed by atoms with Gasteiger partial charge < -0.3 is 5.73 Å². The highest BCUT2D eigenvalue weighted by atomic mass is 28.3. The van der Waals surface area contributed by atoms with Crippen molar-refractivity contribution in [3.05, 3.63) is 0 Å². The maximum Gasteiger partial charge on any atom is 0.0786 e. The standard InChI is InChI=1S/C6H13NSi/c1-5-6(7)8(2,3)4/h1,6H,7H2,2-4H3. The Morgan fingerprint density at radius 3 is 1.88 bits per heavy atom. The monoisotopic (exact) mass is 127 g/mol. The molecule has 0 saturated heterocycles. The molecule has 2 heteroatoms. The molecule has 0 rings (SSSR count). The molecule has 0 aliphatic heterocycles. The van der Waals surface area contributed by atoms with Crippen LogP contribution >= 0.6 is 0 Å². The number of rotatable bonds is 1. The molecular formula is C6H13NSi. The third kappa shape index (κ3) is 2.15. The summed E-state index contributed by atoms with van der Waals surface area (Å²) < 4.78 is 0. The molecule has 8 heavy (non-hydrogen) atoms. The Morgan fingerprint density at radius 2 is 1.88 bits per heavy atom. The lowest BCUT2D eigenvalue weighted by atomic mass is 10.7. The molecular weight excluding hydrogens is 114 g/mol. The SMILES string of the molecule is C#CC(N)[Si](C)(C)C. The van der Waals surface area contributed by atoms with E-state index in [9.17, 15) is 0 Å². The highest BCUT2D eigenvalue weighted by molar-refractivity contribution is 6.78. The zero-order valence-electron chi connectivity index (χ0n) is 5.73. The van der Waals surface area contributed by atoms with Crippen LogP contribution in [0.25, 0.3) is 0 Å². The van der Waals surface area contributed by atoms with E-state index in [1.54, 1.807) is 0 Å². The van der Waals surface area contributed by atoms with Crippen molar-refractivity contribution in [3.8, 4) is 12.3 Å². The third-order valence-corrected chi connectivity index (χ3v) is 3.15. The normalized spacial score (nSPS) is 14.9. The topological polar surface area (TPSA) is 26.0 Å². The Balaban J connectivity index is 3.87. The number of hydrogen-bond donors (Lipinski definition) is 1. The molecule has 0 radical (unpaired) electrons. The number of terminal acetylenes is 1. The van der Waals surface area contributed by atoms with E-state index in [4.69, 9.17) is 12.2 Å². The first-order chi connectivity index (χ1) is 3.48. The lowest BCUT2D eigenvalue weighted by Gasteiger charge is -2.18. The molecule has 1 unspecified atom stereocenters. The lowest BCUT2D eigenvalue weighted by Crippen LogP contribution is -2.43. The molecule has 1 atom stereocenters. The summed E-state index contributed by atoms with van der Waals surface area (Å²) >= 11 is 0. The van der Waals surface area contributed by atoms with Crippen LogP contribution in [0.3, 0.4) is 0 Å². The van der Waals surface area contributed by atoms with Gasteiger partial charge in [0.1, 0.15) is 0 Å². The van der Waals surface area contributed by atoms with Gasteiger partial charge in [0.25, 0.3) is 0 Å². The summed E-state index contributed by atoms with van der Waals surface area (Å²) in [5.41, 5.74) is 5.59. The Hall–Kier alpha value is -0.263. The minimum Gasteiger partial charge on any atom is -0.320 e. The highest BCUT2D eigenvalue weighted by Gasteiger charge is 2.20. The summed E-state index contributed by atoms with van der Waals surface area (Å²) in [5.74, 6) is 2.54. The van der Waals surface area contributed by atoms with Crippen molar-refractivity contribution in [1.82, 2.24) is 0 Å². The minimum atomic E-state index is -1.22. The van der Waals surface area contributed by atoms with Gasteiger partial charge >= 0.3 is 0 Å². The summed E-state index contributed by atoms with van der Waals surface area (Å²) in [4.78, 5) is 0. The van der Waals surface area contributed by atoms with Crippen LogP contribution in [-0.4, -0.2) is 13.7 Å². The van der Waals surface area contributed by atoms with Gasteiger partial charge in [-0.25, -0.2) is 0 Å². The van der Waals surface area contributed by atoms with E-state index in [-0.39, 0.29) is 5.67 Å². The Kier molecular flexibility index (Phi) is 2.26. The minimum absolute atomic E-state index is 0.0162. The van der Waals surface area contributed by atoms with Gasteiger partial charge in [-0.3, -0.25) is 0 Å². The number of nitrogens with two attached hydrogens (primary N) is 1. The average Bonchev–Trinajstić information content (AvgIpc) is 1.62. The molecule has 0 heterocycles. The summed E-state index contributed by atoms with van der Waals surface area (Å²) in [7, 11) is -1.22. The molecule has 0 fully saturated rings. The van der Waals surface area contributed by atoms with Crippen molar-refractivity contribution in [3.63, 3.8) is 0 Å². The van der Waals surface area contributed by atoms with E-state index < -0.39 is 8.07 Å². The molecule has 1 nitrogen and oxygen atoms in total. The zero-order valence-corrected chi connectivity index (χ0v) is 6.73. The Morgan fingerprint density at radius 1 is 1.50 bits per heavy atom. The molecule has 2 N–H and O–H groups in total. The van der Waals surface area contributed by atoms with Gasteiger partial charge in [0.2, 0.25) is 0 Å². The Labute approximate surface area is 52.3 Å². The summed E-state index contributed by atoms with van der Waals surface area (Å²) in [6, 6.07) is 0. The maximum absolute atomic E-state index is 5.58. The van der Waals surface area contributed by atoms with Crippen LogP contribution in [0, 0.1) is 12.3 Å². The van der Waals surface area contributed by atoms with Crippen molar-refractivity contribution in [2.45, 2.75) is 25.3 Å². The van der Waals surface area contributed by atoms with Crippen molar-refractivity contribution in [2.24, 2.45) is 5.73 Å². The second-order valence-electron chi connectivity index (χ2n) is 3.01. The second-order valence-corrected chi connectivity index (χ2v) is 8.36. The third-order valence-electron chi connectivity index (χ3n) is 1.11. The molecule has 0 bridgehead atoms. The van der Waals surface area contributed by atoms with E-state index in [1.807, 2.05) is 0 Å². The summed E-state index contributed by atoms with van der Waals surface area (Å²) in [6.07, 6.45) is 5.12. The van der Waals surface area contributed by atoms with Gasteiger partial charge in [0.05, 0.1) is 13.7 Å². The number of hydrogen-bond acceptors (Lipinski definition) is 1. The van der Waals surface area contributed by atoms with Crippen molar-refractivity contribution >= 4 is 8.07 Å². The maximum atomic E-state index is 5.58. The van der Waals surface area contributed by atoms with Crippen LogP contribution < -0.4 is 5.73 Å². The van der Waals surface area contributed by atoms with E-state index in [0.717, 1.165) is 0 Å². The van der Waals surface area contributed by atoms with Gasteiger partial charge in [-0.05, 0) is 0 Å². The molecule has 0 aromatic rings. The largest absolute Gasteiger partial charge is 0.320 e. The molecule has 0 aliphatic rings. The van der Waals surface area contributed by atoms with E-state index in [1.165, 1.54) is 0 Å². The smallest absolute Gasteiger partial charge is 0.0786 e. The molecule has 0 aromatic carbocycles. The lowest BCUT2D eigenvalue weighted by molar-refractivity contribution is 1.12. The summed E-state index contributed by atoms with van der Waals surface area (Å²) in [6.45, 7) is 6.49. The quantitative estimate of drug-likeness (QED) is 0.410. The highest BCUT2D eigenvalue weighted by Crippen LogP contribution is 2.02. The molecule has 0 aliphatic carbocycles. The predicted octanol–water partition coefficient (Wildman–Crippen LogP) is 0.824. The zero-order chi connectivity index (χ0) is 6.78. The van der Waals surface area contributed by atoms with Gasteiger partial charge in [-0.2, -0.15) is 0 Å².